The zero-order valence-corrected chi connectivity index (χ0v) is 78.5. The van der Waals surface area contributed by atoms with Crippen LogP contribution in [-0.4, -0.2) is 190 Å². The summed E-state index contributed by atoms with van der Waals surface area (Å²) in [6.45, 7) is 33.3. The number of H-pyrrole nitrogens is 3. The Kier molecular flexibility index (Phi) is 30.1. The van der Waals surface area contributed by atoms with Crippen LogP contribution in [0.15, 0.2) is 142 Å². The maximum atomic E-state index is 13.1. The monoisotopic (exact) mass is 1790 g/mol. The van der Waals surface area contributed by atoms with Crippen LogP contribution in [0.25, 0.3) is 33.1 Å². The molecule has 0 radical (unpaired) electrons. The van der Waals surface area contributed by atoms with E-state index in [1.165, 1.54) is 53.5 Å². The van der Waals surface area contributed by atoms with Crippen LogP contribution in [0.5, 0.6) is 17.2 Å². The Morgan fingerprint density at radius 1 is 0.425 bits per heavy atom. The quantitative estimate of drug-likeness (QED) is 0.0193. The van der Waals surface area contributed by atoms with Gasteiger partial charge in [-0.1, -0.05) is 42.8 Å². The molecule has 0 amide bonds. The lowest BCUT2D eigenvalue weighted by atomic mass is 9.80. The van der Waals surface area contributed by atoms with Gasteiger partial charge in [-0.15, -0.1) is 0 Å². The van der Waals surface area contributed by atoms with Gasteiger partial charge in [0.1, 0.15) is 34.7 Å². The predicted molar refractivity (Wildman–Crippen MR) is 505 cm³/mol. The van der Waals surface area contributed by atoms with Crippen LogP contribution in [0.1, 0.15) is 192 Å². The molecule has 3 aliphatic rings. The Morgan fingerprint density at radius 2 is 0.772 bits per heavy atom. The van der Waals surface area contributed by atoms with Gasteiger partial charge in [-0.25, -0.2) is 25.3 Å². The first kappa shape index (κ1) is 93.5. The third-order valence-corrected chi connectivity index (χ3v) is 29.9. The molecule has 2 aliphatic heterocycles. The highest BCUT2D eigenvalue weighted by Gasteiger charge is 2.32. The number of fused-ring (bicyclic) bond motifs is 3. The summed E-state index contributed by atoms with van der Waals surface area (Å²) in [6.07, 6.45) is 15.1. The second-order valence-electron chi connectivity index (χ2n) is 34.8. The minimum absolute atomic E-state index is 0.0202. The zero-order valence-electron chi connectivity index (χ0n) is 76.0. The van der Waals surface area contributed by atoms with Gasteiger partial charge in [0.05, 0.1) is 124 Å². The second kappa shape index (κ2) is 40.9. The van der Waals surface area contributed by atoms with E-state index in [4.69, 9.17) is 33.9 Å². The summed E-state index contributed by atoms with van der Waals surface area (Å²) in [5.41, 5.74) is 12.5. The lowest BCUT2D eigenvalue weighted by molar-refractivity contribution is 0.130. The molecule has 1 unspecified atom stereocenters. The molecular weight excluding hydrogens is 1670 g/mol. The molecule has 0 spiro atoms. The summed E-state index contributed by atoms with van der Waals surface area (Å²) < 4.78 is 103. The highest BCUT2D eigenvalue weighted by Crippen LogP contribution is 2.45. The number of aromatic nitrogens is 12. The highest BCUT2D eigenvalue weighted by molar-refractivity contribution is 7.92. The average Bonchev–Trinajstić information content (AvgIpc) is 1.77. The van der Waals surface area contributed by atoms with Crippen molar-refractivity contribution in [1.82, 2.24) is 75.6 Å². The lowest BCUT2D eigenvalue weighted by Crippen LogP contribution is -2.35. The number of para-hydroxylation sites is 3. The molecule has 12 aromatic rings. The molecule has 2 saturated heterocycles. The number of hydrogen-bond acceptors (Lipinski definition) is 28. The van der Waals surface area contributed by atoms with Crippen molar-refractivity contribution in [1.29, 1.82) is 0 Å². The first-order chi connectivity index (χ1) is 60.6. The van der Waals surface area contributed by atoms with Gasteiger partial charge in [-0.3, -0.25) is 15.3 Å². The molecule has 0 bridgehead atoms. The maximum Gasteiger partial charge on any atom is 0.231 e. The average molecular weight is 1790 g/mol. The number of piperidine rings is 2. The number of hydrogen-bond donors (Lipinski definition) is 10. The van der Waals surface area contributed by atoms with E-state index in [1.54, 1.807) is 140 Å². The van der Waals surface area contributed by atoms with E-state index < -0.39 is 45.3 Å². The number of nitrogens with zero attached hydrogens (tertiary/aromatic N) is 11. The molecule has 6 aromatic heterocycles. The molecule has 127 heavy (non-hydrogen) atoms. The summed E-state index contributed by atoms with van der Waals surface area (Å²) in [4.78, 5) is 33.7. The van der Waals surface area contributed by atoms with Crippen molar-refractivity contribution < 1.29 is 44.2 Å². The Bertz CT molecular complexity index is 6170. The molecule has 6 aromatic carbocycles. The Morgan fingerprint density at radius 3 is 1.10 bits per heavy atom. The number of likely N-dealkylation sites (tertiary alicyclic amines) is 1. The molecule has 1 saturated carbocycles. The topological polar surface area (TPSA) is 393 Å². The first-order valence-electron chi connectivity index (χ1n) is 43.9. The van der Waals surface area contributed by atoms with E-state index in [-0.39, 0.29) is 33.0 Å². The van der Waals surface area contributed by atoms with Crippen LogP contribution in [0.3, 0.4) is 0 Å². The highest BCUT2D eigenvalue weighted by atomic mass is 32.2. The van der Waals surface area contributed by atoms with Crippen LogP contribution in [0.4, 0.5) is 69.4 Å². The molecule has 10 N–H and O–H groups in total. The van der Waals surface area contributed by atoms with Gasteiger partial charge in [-0.2, -0.15) is 45.2 Å². The summed E-state index contributed by atoms with van der Waals surface area (Å²) in [5, 5.41) is 44.9. The van der Waals surface area contributed by atoms with Crippen molar-refractivity contribution in [2.75, 3.05) is 85.9 Å². The molecule has 31 nitrogen and oxygen atoms in total. The van der Waals surface area contributed by atoms with Gasteiger partial charge < -0.3 is 66.0 Å². The number of methoxy groups -OCH3 is 1. The standard InChI is InChI=1S/C32H43N7O4S.C32H43N7O3S.C29H37N7O3S/c1-20(2)43-28-18-24(23-11-13-39(14-12-23)15-16-42-6)22(5)17-27(28)35-32-36-30(25-19-33-38-31(25)37-32)34-26-9-7-8-10-29(26)44(40,41)21(3)4;1-19(2)42-28-17-24(22-12-14-23(15-13-22)39(6)7)21(5)16-27(28)35-32-36-30(25-18-33-38-31(25)37-32)34-26-10-8-9-11-29(26)43(40,41)20(3)4;1-17(2)39-25-15-20(22-10-8-9-13-30-22)19(5)14-24(25)33-29-34-27(21-16-31-36-28(21)35-29)32-23-11-6-7-12-26(23)40(37,38)18(3)4/h7-10,17-21,23H,11-16H2,1-6H3,(H3,33,34,35,36,37,38);8-11,16-20,22-23H,12-15H2,1-7H3,(H3,33,34,35,36,37,38);6-7,11-12,14-18,22,30H,8-10,13H2,1-5H3,(H3,31,32,33,34,35,36). The SMILES string of the molecule is COCCN1CCC(c2cc(OC(C)C)c(Nc3nc(Nc4ccccc4S(=O)(=O)C(C)C)c4cn[nH]c4n3)cc2C)CC1.Cc1cc(Nc2nc(Nc3ccccc3S(=O)(=O)C(C)C)c3cn[nH]c3n2)c(OC(C)C)cc1C1CCC(N(C)C)CC1.Cc1cc(Nc2nc(Nc3ccccc3S(=O)(=O)C(C)C)c3cn[nH]c3n2)c(OC(C)C)cc1C1CCCCN1. The van der Waals surface area contributed by atoms with Crippen LogP contribution < -0.4 is 51.4 Å². The number of nitrogens with one attached hydrogen (secondary N) is 10. The second-order valence-corrected chi connectivity index (χ2v) is 42.2. The number of aromatic amines is 3. The smallest absolute Gasteiger partial charge is 0.231 e. The summed E-state index contributed by atoms with van der Waals surface area (Å²) in [5.74, 6) is 5.42. The molecule has 15 rings (SSSR count). The summed E-state index contributed by atoms with van der Waals surface area (Å²) >= 11 is 0. The van der Waals surface area contributed by atoms with Gasteiger partial charge in [-0.05, 0) is 307 Å². The Labute approximate surface area is 745 Å². The summed E-state index contributed by atoms with van der Waals surface area (Å²) in [6, 6.07) is 34.2. The molecule has 8 heterocycles. The fourth-order valence-electron chi connectivity index (χ4n) is 16.3. The van der Waals surface area contributed by atoms with Gasteiger partial charge in [0.2, 0.25) is 17.8 Å². The van der Waals surface area contributed by atoms with Crippen LogP contribution >= 0.6 is 0 Å². The van der Waals surface area contributed by atoms with E-state index >= 15 is 0 Å². The molecule has 3 fully saturated rings. The van der Waals surface area contributed by atoms with Gasteiger partial charge in [0.25, 0.3) is 0 Å². The van der Waals surface area contributed by atoms with Crippen LogP contribution in [0.2, 0.25) is 0 Å². The largest absolute Gasteiger partial charge is 0.489 e. The molecule has 34 heteroatoms. The predicted octanol–water partition coefficient (Wildman–Crippen LogP) is 18.6. The Balaban J connectivity index is 0.000000163. The number of sulfone groups is 3. The number of aryl methyl sites for hydroxylation is 3. The molecule has 678 valence electrons. The van der Waals surface area contributed by atoms with E-state index in [2.05, 4.69) is 164 Å². The van der Waals surface area contributed by atoms with E-state index in [0.29, 0.717) is 109 Å². The first-order valence-corrected chi connectivity index (χ1v) is 48.6. The fourth-order valence-corrected chi connectivity index (χ4v) is 19.9. The zero-order chi connectivity index (χ0) is 90.8. The van der Waals surface area contributed by atoms with E-state index in [9.17, 15) is 25.3 Å². The number of benzene rings is 6. The van der Waals surface area contributed by atoms with Crippen LogP contribution in [-0.2, 0) is 34.2 Å². The van der Waals surface area contributed by atoms with Gasteiger partial charge >= 0.3 is 0 Å². The van der Waals surface area contributed by atoms with Gasteiger partial charge in [0.15, 0.2) is 46.5 Å². The minimum Gasteiger partial charge on any atom is -0.489 e. The van der Waals surface area contributed by atoms with Crippen molar-refractivity contribution in [3.63, 3.8) is 0 Å². The normalized spacial score (nSPS) is 16.2. The molecule has 1 aliphatic carbocycles. The molecule has 1 atom stereocenters. The maximum absolute atomic E-state index is 13.1. The number of ether oxygens (including phenoxy) is 4. The van der Waals surface area contributed by atoms with Crippen molar-refractivity contribution in [2.45, 2.75) is 234 Å². The third kappa shape index (κ3) is 22.3. The van der Waals surface area contributed by atoms with Crippen molar-refractivity contribution in [2.24, 2.45) is 0 Å². The van der Waals surface area contributed by atoms with E-state index in [0.717, 1.165) is 105 Å². The van der Waals surface area contributed by atoms with Crippen molar-refractivity contribution in [3.8, 4) is 17.2 Å². The third-order valence-electron chi connectivity index (χ3n) is 23.3. The Hall–Kier alpha value is -11.1. The lowest BCUT2D eigenvalue weighted by Gasteiger charge is -2.33. The summed E-state index contributed by atoms with van der Waals surface area (Å²) in [7, 11) is -4.52. The van der Waals surface area contributed by atoms with Crippen molar-refractivity contribution >= 4 is 132 Å². The van der Waals surface area contributed by atoms with Crippen molar-refractivity contribution in [3.05, 3.63) is 161 Å². The van der Waals surface area contributed by atoms with E-state index in [1.807, 2.05) is 41.5 Å². The minimum atomic E-state index is -3.54. The van der Waals surface area contributed by atoms with Crippen LogP contribution in [0, 0.1) is 20.8 Å². The van der Waals surface area contributed by atoms with Gasteiger partial charge in [0, 0.05) is 25.7 Å². The number of rotatable bonds is 31. The molecular formula is C93H123N21O10S3. The fraction of sp³-hybridized carbons (Fsp3) is 0.452. The number of anilines is 12.